The monoisotopic (exact) mass is 288 g/mol. The van der Waals surface area contributed by atoms with Crippen molar-refractivity contribution in [1.82, 2.24) is 0 Å². The van der Waals surface area contributed by atoms with Crippen molar-refractivity contribution in [2.45, 2.75) is 33.1 Å². The minimum absolute atomic E-state index is 0.296. The average molecular weight is 288 g/mol. The van der Waals surface area contributed by atoms with Crippen LogP contribution < -0.4 is 0 Å². The lowest BCUT2D eigenvalue weighted by atomic mass is 10.9. The molecule has 104 valence electrons. The van der Waals surface area contributed by atoms with Gasteiger partial charge >= 0.3 is 9.05 Å². The lowest BCUT2D eigenvalue weighted by Gasteiger charge is -2.25. The van der Waals surface area contributed by atoms with Gasteiger partial charge in [-0.25, -0.2) is 14.7 Å². The second-order valence-electron chi connectivity index (χ2n) is 2.69. The van der Waals surface area contributed by atoms with Crippen LogP contribution >= 0.6 is 12.6 Å². The van der Waals surface area contributed by atoms with Crippen molar-refractivity contribution in [3.63, 3.8) is 0 Å². The third-order valence-electron chi connectivity index (χ3n) is 1.15. The molecule has 0 bridgehead atoms. The highest BCUT2D eigenvalue weighted by atomic mass is 32.1. The Morgan fingerprint density at radius 3 is 1.47 bits per heavy atom. The van der Waals surface area contributed by atoms with Gasteiger partial charge in [0.1, 0.15) is 0 Å². The number of hydrogen-bond acceptors (Lipinski definition) is 8. The first-order valence-corrected chi connectivity index (χ1v) is 7.52. The van der Waals surface area contributed by atoms with Crippen LogP contribution in [0.15, 0.2) is 0 Å². The zero-order chi connectivity index (χ0) is 13.1. The molecule has 1 unspecified atom stereocenters. The first kappa shape index (κ1) is 17.3. The van der Waals surface area contributed by atoms with Crippen LogP contribution in [0.2, 0.25) is 0 Å². The Hall–Kier alpha value is 0.287. The van der Waals surface area contributed by atoms with Crippen LogP contribution in [0.5, 0.6) is 0 Å². The van der Waals surface area contributed by atoms with Gasteiger partial charge in [-0.1, -0.05) is 0 Å². The molecule has 0 aromatic heterocycles. The lowest BCUT2D eigenvalue weighted by molar-refractivity contribution is -0.386. The van der Waals surface area contributed by atoms with Crippen molar-refractivity contribution in [3.8, 4) is 0 Å². The summed E-state index contributed by atoms with van der Waals surface area (Å²) in [5.41, 5.74) is -0.497. The number of thiol groups is 1. The van der Waals surface area contributed by atoms with E-state index >= 15 is 0 Å². The highest BCUT2D eigenvalue weighted by Gasteiger charge is 2.53. The first-order chi connectivity index (χ1) is 8.10. The molecule has 0 N–H and O–H groups in total. The average Bonchev–Trinajstić information content (AvgIpc) is 2.30. The Kier molecular flexibility index (Phi) is 10.4. The van der Waals surface area contributed by atoms with E-state index in [1.165, 1.54) is 0 Å². The molecule has 7 nitrogen and oxygen atoms in total. The summed E-state index contributed by atoms with van der Waals surface area (Å²) in [6.07, 6.45) is 0. The third kappa shape index (κ3) is 8.08. The predicted octanol–water partition coefficient (Wildman–Crippen LogP) is 1.62. The number of rotatable bonds is 11. The van der Waals surface area contributed by atoms with Gasteiger partial charge in [-0.2, -0.15) is 13.7 Å². The summed E-state index contributed by atoms with van der Waals surface area (Å²) < 4.78 is 20.2. The topological polar surface area (TPSA) is 64.6 Å². The van der Waals surface area contributed by atoms with Gasteiger partial charge in [0.15, 0.2) is 0 Å². The van der Waals surface area contributed by atoms with Gasteiger partial charge in [-0.3, -0.25) is 0 Å². The van der Waals surface area contributed by atoms with E-state index in [4.69, 9.17) is 32.8 Å². The van der Waals surface area contributed by atoms with Crippen LogP contribution in [0.1, 0.15) is 27.7 Å². The van der Waals surface area contributed by atoms with E-state index in [2.05, 4.69) is 12.6 Å². The van der Waals surface area contributed by atoms with Crippen LogP contribution in [0.4, 0.5) is 0 Å². The van der Waals surface area contributed by atoms with Crippen molar-refractivity contribution in [2.24, 2.45) is 0 Å². The summed E-state index contributed by atoms with van der Waals surface area (Å²) >= 11 is 4.06. The molecular weight excluding hydrogens is 268 g/mol. The zero-order valence-corrected chi connectivity index (χ0v) is 12.4. The fraction of sp³-hybridized carbons (Fsp3) is 1.00. The maximum atomic E-state index is 5.31. The Morgan fingerprint density at radius 1 is 0.882 bits per heavy atom. The Morgan fingerprint density at radius 2 is 1.24 bits per heavy atom. The summed E-state index contributed by atoms with van der Waals surface area (Å²) in [4.78, 5) is 14.4. The molecule has 1 atom stereocenters. The summed E-state index contributed by atoms with van der Waals surface area (Å²) in [5.74, 6) is 0. The highest BCUT2D eigenvalue weighted by molar-refractivity contribution is 7.80. The molecule has 0 aliphatic rings. The Bertz CT molecular complexity index is 161. The molecule has 0 heterocycles. The number of hydrogen-bond donors (Lipinski definition) is 1. The van der Waals surface area contributed by atoms with E-state index in [1.54, 1.807) is 27.7 Å². The van der Waals surface area contributed by atoms with Gasteiger partial charge in [0.05, 0.1) is 25.3 Å². The normalized spacial score (nSPS) is 13.9. The van der Waals surface area contributed by atoms with E-state index in [0.29, 0.717) is 19.8 Å². The molecule has 0 radical (unpaired) electrons. The third-order valence-corrected chi connectivity index (χ3v) is 3.06. The van der Waals surface area contributed by atoms with Crippen molar-refractivity contribution in [2.75, 3.05) is 19.8 Å². The molecule has 0 spiro atoms. The molecule has 0 aromatic rings. The van der Waals surface area contributed by atoms with Crippen molar-refractivity contribution in [1.29, 1.82) is 0 Å². The maximum absolute atomic E-state index is 5.31. The van der Waals surface area contributed by atoms with Gasteiger partial charge in [-0.15, -0.1) is 12.6 Å². The molecule has 0 amide bonds. The fourth-order valence-corrected chi connectivity index (χ4v) is 2.50. The van der Waals surface area contributed by atoms with E-state index in [9.17, 15) is 0 Å². The molecule has 0 rings (SSSR count). The predicted molar refractivity (Wildman–Crippen MR) is 63.4 cm³/mol. The Labute approximate surface area is 108 Å². The van der Waals surface area contributed by atoms with Crippen molar-refractivity contribution < 1.29 is 32.8 Å². The lowest BCUT2D eigenvalue weighted by Crippen LogP contribution is -2.50. The van der Waals surface area contributed by atoms with Gasteiger partial charge in [0.25, 0.3) is 0 Å². The molecule has 0 fully saturated rings. The minimum atomic E-state index is -3.66. The van der Waals surface area contributed by atoms with Gasteiger partial charge in [-0.05, 0) is 27.7 Å². The van der Waals surface area contributed by atoms with Crippen LogP contribution in [-0.2, 0) is 32.8 Å². The molecule has 9 heteroatoms. The second kappa shape index (κ2) is 10.2. The molecule has 0 aliphatic heterocycles. The highest BCUT2D eigenvalue weighted by Crippen LogP contribution is 2.17. The quantitative estimate of drug-likeness (QED) is 0.204. The molecule has 0 saturated carbocycles. The summed E-state index contributed by atoms with van der Waals surface area (Å²) in [7, 11) is -3.66. The molecular formula is C8H20O7SSi. The van der Waals surface area contributed by atoms with E-state index < -0.39 is 14.5 Å². The second-order valence-corrected chi connectivity index (χ2v) is 5.15. The summed E-state index contributed by atoms with van der Waals surface area (Å²) in [6, 6.07) is 0. The maximum Gasteiger partial charge on any atom is 0.765 e. The Balaban J connectivity index is 4.51. The van der Waals surface area contributed by atoms with Gasteiger partial charge in [0, 0.05) is 0 Å². The van der Waals surface area contributed by atoms with Gasteiger partial charge < -0.3 is 4.43 Å². The van der Waals surface area contributed by atoms with Crippen LogP contribution in [0.25, 0.3) is 0 Å². The van der Waals surface area contributed by atoms with Gasteiger partial charge in [0.2, 0.25) is 0 Å². The molecule has 17 heavy (non-hydrogen) atoms. The fourth-order valence-electron chi connectivity index (χ4n) is 0.703. The van der Waals surface area contributed by atoms with Crippen LogP contribution in [0.3, 0.4) is 0 Å². The van der Waals surface area contributed by atoms with Crippen LogP contribution in [-0.4, -0.2) is 34.3 Å². The standard InChI is InChI=1S/C8H20O7SSi/c1-5-9-13-17(12-8(4)16,14-10-6-2)15-11-7-3/h8,16H,5-7H2,1-4H3. The first-order valence-electron chi connectivity index (χ1n) is 5.38. The van der Waals surface area contributed by atoms with Crippen molar-refractivity contribution in [3.05, 3.63) is 0 Å². The van der Waals surface area contributed by atoms with Crippen LogP contribution in [0, 0.1) is 0 Å². The van der Waals surface area contributed by atoms with E-state index in [-0.39, 0.29) is 0 Å². The zero-order valence-electron chi connectivity index (χ0n) is 10.5. The summed E-state index contributed by atoms with van der Waals surface area (Å²) in [6.45, 7) is 7.78. The molecule has 0 aromatic carbocycles. The smallest absolute Gasteiger partial charge is 0.335 e. The SMILES string of the molecule is CCOO[Si](OOCC)(OOCC)OC(C)S. The van der Waals surface area contributed by atoms with Crippen molar-refractivity contribution >= 4 is 21.7 Å². The molecule has 0 saturated heterocycles. The van der Waals surface area contributed by atoms with E-state index in [0.717, 1.165) is 0 Å². The van der Waals surface area contributed by atoms with E-state index in [1.807, 2.05) is 0 Å². The largest absolute Gasteiger partial charge is 0.765 e. The summed E-state index contributed by atoms with van der Waals surface area (Å²) in [5, 5.41) is 0. The minimum Gasteiger partial charge on any atom is -0.335 e. The molecule has 0 aliphatic carbocycles.